The molecule has 1 rings (SSSR count). The van der Waals surface area contributed by atoms with Gasteiger partial charge >= 0.3 is 11.9 Å². The molecule has 6 heteroatoms. The summed E-state index contributed by atoms with van der Waals surface area (Å²) in [7, 11) is 1.29. The molecule has 0 saturated heterocycles. The topological polar surface area (TPSA) is 111 Å². The van der Waals surface area contributed by atoms with Gasteiger partial charge in [-0.15, -0.1) is 0 Å². The number of carbonyl (C=O) groups excluding carboxylic acids is 1. The first-order valence-corrected chi connectivity index (χ1v) is 5.72. The van der Waals surface area contributed by atoms with Gasteiger partial charge in [-0.1, -0.05) is 19.9 Å². The van der Waals surface area contributed by atoms with Crippen molar-refractivity contribution in [3.05, 3.63) is 34.4 Å². The lowest BCUT2D eigenvalue weighted by Crippen LogP contribution is -2.11. The van der Waals surface area contributed by atoms with E-state index in [1.54, 1.807) is 6.07 Å². The molecule has 102 valence electrons. The number of benzene rings is 1. The summed E-state index contributed by atoms with van der Waals surface area (Å²) in [6.07, 6.45) is 1.29. The molecule has 0 aliphatic heterocycles. The monoisotopic (exact) mass is 264 g/mol. The van der Waals surface area contributed by atoms with E-state index >= 15 is 0 Å². The van der Waals surface area contributed by atoms with Gasteiger partial charge in [0.25, 0.3) is 0 Å². The van der Waals surface area contributed by atoms with Crippen molar-refractivity contribution in [2.75, 3.05) is 7.11 Å². The molecule has 0 aliphatic carbocycles. The lowest BCUT2D eigenvalue weighted by Gasteiger charge is -2.11. The minimum atomic E-state index is -1.02. The number of nitrogens with zero attached hydrogens (tertiary/aromatic N) is 2. The van der Waals surface area contributed by atoms with Crippen molar-refractivity contribution in [2.24, 2.45) is 0 Å². The van der Waals surface area contributed by atoms with Crippen molar-refractivity contribution in [1.29, 1.82) is 10.8 Å². The predicted molar refractivity (Wildman–Crippen MR) is 66.9 cm³/mol. The van der Waals surface area contributed by atoms with Crippen molar-refractivity contribution >= 4 is 11.9 Å². The molecule has 6 nitrogen and oxygen atoms in total. The Bertz CT molecular complexity index is 495. The highest BCUT2D eigenvalue weighted by atomic mass is 16.5. The first kappa shape index (κ1) is 16.6. The van der Waals surface area contributed by atoms with Crippen LogP contribution >= 0.6 is 0 Å². The van der Waals surface area contributed by atoms with Gasteiger partial charge in [0.1, 0.15) is 0 Å². The van der Waals surface area contributed by atoms with Gasteiger partial charge in [-0.3, -0.25) is 0 Å². The van der Waals surface area contributed by atoms with Crippen LogP contribution < -0.4 is 0 Å². The Kier molecular flexibility index (Phi) is 6.82. The third-order valence-corrected chi connectivity index (χ3v) is 2.73. The van der Waals surface area contributed by atoms with Gasteiger partial charge in [-0.05, 0) is 30.0 Å². The third-order valence-electron chi connectivity index (χ3n) is 2.73. The molecule has 0 radical (unpaired) electrons. The van der Waals surface area contributed by atoms with Crippen LogP contribution in [0.1, 0.15) is 45.7 Å². The SMILES string of the molecule is CCc1cc(CC)c(C(=O)OC)cc1C(=O)O.N#N. The number of aromatic carboxylic acids is 1. The quantitative estimate of drug-likeness (QED) is 0.659. The average molecular weight is 264 g/mol. The van der Waals surface area contributed by atoms with E-state index in [1.165, 1.54) is 13.2 Å². The van der Waals surface area contributed by atoms with E-state index in [4.69, 9.17) is 15.9 Å². The fourth-order valence-corrected chi connectivity index (χ4v) is 1.78. The molecule has 0 atom stereocenters. The molecule has 0 aliphatic rings. The number of methoxy groups -OCH3 is 1. The molecule has 1 N–H and O–H groups in total. The van der Waals surface area contributed by atoms with Gasteiger partial charge in [-0.25, -0.2) is 9.59 Å². The van der Waals surface area contributed by atoms with Gasteiger partial charge in [-0.2, -0.15) is 0 Å². The van der Waals surface area contributed by atoms with Crippen LogP contribution in [0.3, 0.4) is 0 Å². The largest absolute Gasteiger partial charge is 0.478 e. The van der Waals surface area contributed by atoms with Crippen molar-refractivity contribution in [3.8, 4) is 0 Å². The second kappa shape index (κ2) is 7.82. The zero-order chi connectivity index (χ0) is 15.0. The highest BCUT2D eigenvalue weighted by Crippen LogP contribution is 2.19. The van der Waals surface area contributed by atoms with Crippen LogP contribution in [0.25, 0.3) is 0 Å². The molecule has 19 heavy (non-hydrogen) atoms. The Morgan fingerprint density at radius 2 is 1.58 bits per heavy atom. The second-order valence-corrected chi connectivity index (χ2v) is 3.67. The molecular weight excluding hydrogens is 248 g/mol. The number of hydrogen-bond acceptors (Lipinski definition) is 5. The number of hydrogen-bond donors (Lipinski definition) is 1. The lowest BCUT2D eigenvalue weighted by molar-refractivity contribution is 0.0599. The summed E-state index contributed by atoms with van der Waals surface area (Å²) < 4.78 is 4.66. The average Bonchev–Trinajstić information content (AvgIpc) is 2.46. The number of carboxylic acids is 1. The van der Waals surface area contributed by atoms with Gasteiger partial charge in [0.15, 0.2) is 0 Å². The van der Waals surface area contributed by atoms with Gasteiger partial charge in [0.05, 0.1) is 18.2 Å². The Hall–Kier alpha value is -2.42. The molecule has 0 unspecified atom stereocenters. The second-order valence-electron chi connectivity index (χ2n) is 3.67. The maximum absolute atomic E-state index is 11.6. The van der Waals surface area contributed by atoms with E-state index in [2.05, 4.69) is 4.74 Å². The summed E-state index contributed by atoms with van der Waals surface area (Å²) >= 11 is 0. The molecule has 0 heterocycles. The normalized spacial score (nSPS) is 9.11. The zero-order valence-electron chi connectivity index (χ0n) is 11.1. The van der Waals surface area contributed by atoms with E-state index in [1.807, 2.05) is 13.8 Å². The van der Waals surface area contributed by atoms with E-state index in [0.717, 1.165) is 11.1 Å². The lowest BCUT2D eigenvalue weighted by atomic mass is 9.95. The van der Waals surface area contributed by atoms with Crippen molar-refractivity contribution in [2.45, 2.75) is 26.7 Å². The number of rotatable bonds is 4. The summed E-state index contributed by atoms with van der Waals surface area (Å²) in [5.41, 5.74) is 2.07. The maximum atomic E-state index is 11.6. The van der Waals surface area contributed by atoms with Crippen LogP contribution in [0.5, 0.6) is 0 Å². The van der Waals surface area contributed by atoms with Gasteiger partial charge < -0.3 is 9.84 Å². The number of carboxylic acid groups (broad SMARTS) is 1. The molecule has 0 spiro atoms. The Labute approximate surface area is 111 Å². The summed E-state index contributed by atoms with van der Waals surface area (Å²) in [4.78, 5) is 22.6. The summed E-state index contributed by atoms with van der Waals surface area (Å²) in [5.74, 6) is -1.51. The molecule has 1 aromatic carbocycles. The molecule has 0 fully saturated rings. The molecule has 1 aromatic rings. The van der Waals surface area contributed by atoms with E-state index in [9.17, 15) is 9.59 Å². The highest BCUT2D eigenvalue weighted by molar-refractivity contribution is 5.96. The van der Waals surface area contributed by atoms with Crippen LogP contribution in [0, 0.1) is 10.8 Å². The highest BCUT2D eigenvalue weighted by Gasteiger charge is 2.17. The van der Waals surface area contributed by atoms with E-state index in [-0.39, 0.29) is 5.56 Å². The number of aryl methyl sites for hydroxylation is 2. The maximum Gasteiger partial charge on any atom is 0.338 e. The van der Waals surface area contributed by atoms with Crippen LogP contribution in [0.15, 0.2) is 12.1 Å². The summed E-state index contributed by atoms with van der Waals surface area (Å²) in [6, 6.07) is 3.18. The van der Waals surface area contributed by atoms with Crippen LogP contribution in [0.2, 0.25) is 0 Å². The molecule has 0 bridgehead atoms. The van der Waals surface area contributed by atoms with Crippen molar-refractivity contribution in [1.82, 2.24) is 0 Å². The molecule has 0 saturated carbocycles. The summed E-state index contributed by atoms with van der Waals surface area (Å²) in [5, 5.41) is 21.1. The van der Waals surface area contributed by atoms with Gasteiger partial charge in [0, 0.05) is 10.8 Å². The minimum Gasteiger partial charge on any atom is -0.478 e. The minimum absolute atomic E-state index is 0.171. The standard InChI is InChI=1S/C13H16O4.N2/c1-4-8-6-9(5-2)11(13(16)17-3)7-10(8)12(14)15;1-2/h6-7H,4-5H2,1-3H3,(H,14,15);. The zero-order valence-corrected chi connectivity index (χ0v) is 11.1. The number of ether oxygens (including phenoxy) is 1. The van der Waals surface area contributed by atoms with Crippen LogP contribution in [0.4, 0.5) is 0 Å². The van der Waals surface area contributed by atoms with Crippen LogP contribution in [-0.4, -0.2) is 24.2 Å². The Morgan fingerprint density at radius 1 is 1.11 bits per heavy atom. The van der Waals surface area contributed by atoms with Crippen molar-refractivity contribution in [3.63, 3.8) is 0 Å². The third kappa shape index (κ3) is 3.78. The molecule has 0 aromatic heterocycles. The smallest absolute Gasteiger partial charge is 0.338 e. The Morgan fingerprint density at radius 3 is 1.95 bits per heavy atom. The number of carbonyl (C=O) groups is 2. The predicted octanol–water partition coefficient (Wildman–Crippen LogP) is 2.33. The first-order chi connectivity index (χ1) is 9.04. The molecule has 0 amide bonds. The summed E-state index contributed by atoms with van der Waals surface area (Å²) in [6.45, 7) is 3.81. The number of esters is 1. The van der Waals surface area contributed by atoms with E-state index < -0.39 is 11.9 Å². The molecular formula is C13H16N2O4. The fourth-order valence-electron chi connectivity index (χ4n) is 1.78. The van der Waals surface area contributed by atoms with Crippen LogP contribution in [-0.2, 0) is 17.6 Å². The fraction of sp³-hybridized carbons (Fsp3) is 0.385. The van der Waals surface area contributed by atoms with E-state index in [0.29, 0.717) is 18.4 Å². The first-order valence-electron chi connectivity index (χ1n) is 5.72. The Balaban J connectivity index is 0.00000154. The van der Waals surface area contributed by atoms with Gasteiger partial charge in [0.2, 0.25) is 0 Å². The van der Waals surface area contributed by atoms with Crippen molar-refractivity contribution < 1.29 is 19.4 Å².